The van der Waals surface area contributed by atoms with Crippen molar-refractivity contribution in [3.63, 3.8) is 0 Å². The predicted molar refractivity (Wildman–Crippen MR) is 68.9 cm³/mol. The molecule has 0 bridgehead atoms. The van der Waals surface area contributed by atoms with Gasteiger partial charge in [-0.05, 0) is 36.8 Å². The Morgan fingerprint density at radius 2 is 2.06 bits per heavy atom. The van der Waals surface area contributed by atoms with Gasteiger partial charge in [-0.25, -0.2) is 0 Å². The molecule has 3 rings (SSSR count). The Labute approximate surface area is 103 Å². The summed E-state index contributed by atoms with van der Waals surface area (Å²) in [5.74, 6) is 0. The Kier molecular flexibility index (Phi) is 2.53. The zero-order chi connectivity index (χ0) is 11.9. The highest BCUT2D eigenvalue weighted by Gasteiger charge is 2.66. The van der Waals surface area contributed by atoms with Gasteiger partial charge in [0.2, 0.25) is 0 Å². The van der Waals surface area contributed by atoms with E-state index in [-0.39, 0.29) is 17.4 Å². The van der Waals surface area contributed by atoms with Crippen LogP contribution in [0.25, 0.3) is 0 Å². The Morgan fingerprint density at radius 3 is 2.76 bits per heavy atom. The van der Waals surface area contributed by atoms with E-state index in [9.17, 15) is 5.11 Å². The Hall–Kier alpha value is -0.860. The molecule has 1 aromatic carbocycles. The summed E-state index contributed by atoms with van der Waals surface area (Å²) in [6.07, 6.45) is 5.98. The highest BCUT2D eigenvalue weighted by Crippen LogP contribution is 2.67. The molecule has 0 radical (unpaired) electrons. The van der Waals surface area contributed by atoms with Crippen LogP contribution in [0, 0.1) is 5.41 Å². The van der Waals surface area contributed by atoms with Gasteiger partial charge >= 0.3 is 0 Å². The number of aliphatic hydroxyl groups is 1. The van der Waals surface area contributed by atoms with Crippen LogP contribution in [-0.4, -0.2) is 18.3 Å². The molecule has 0 heterocycles. The summed E-state index contributed by atoms with van der Waals surface area (Å²) in [5.41, 5.74) is 9.03. The summed E-state index contributed by atoms with van der Waals surface area (Å²) >= 11 is 0. The van der Waals surface area contributed by atoms with Crippen LogP contribution in [-0.2, 0) is 11.8 Å². The summed E-state index contributed by atoms with van der Waals surface area (Å²) in [6, 6.07) is 8.76. The van der Waals surface area contributed by atoms with Crippen molar-refractivity contribution in [1.82, 2.24) is 0 Å². The summed E-state index contributed by atoms with van der Waals surface area (Å²) in [5, 5.41) is 9.71. The molecule has 2 heteroatoms. The molecule has 1 aromatic rings. The molecular weight excluding hydrogens is 210 g/mol. The van der Waals surface area contributed by atoms with Crippen LogP contribution in [0.5, 0.6) is 0 Å². The van der Waals surface area contributed by atoms with Gasteiger partial charge in [-0.1, -0.05) is 30.7 Å². The molecule has 1 saturated carbocycles. The smallest absolute Gasteiger partial charge is 0.0508 e. The third-order valence-electron chi connectivity index (χ3n) is 5.06. The lowest BCUT2D eigenvalue weighted by molar-refractivity contribution is 0.192. The van der Waals surface area contributed by atoms with Gasteiger partial charge in [0, 0.05) is 17.4 Å². The first-order chi connectivity index (χ1) is 8.28. The quantitative estimate of drug-likeness (QED) is 0.817. The van der Waals surface area contributed by atoms with Crippen molar-refractivity contribution in [2.75, 3.05) is 13.2 Å². The molecule has 0 saturated heterocycles. The van der Waals surface area contributed by atoms with E-state index in [1.165, 1.54) is 36.8 Å². The normalized spacial score (nSPS) is 35.4. The molecule has 1 spiro atoms. The largest absolute Gasteiger partial charge is 0.396 e. The van der Waals surface area contributed by atoms with E-state index in [0.717, 1.165) is 6.42 Å². The van der Waals surface area contributed by atoms with Crippen molar-refractivity contribution in [1.29, 1.82) is 0 Å². The first-order valence-corrected chi connectivity index (χ1v) is 6.67. The van der Waals surface area contributed by atoms with Gasteiger partial charge in [-0.15, -0.1) is 0 Å². The van der Waals surface area contributed by atoms with Crippen molar-refractivity contribution in [3.8, 4) is 0 Å². The standard InChI is InChI=1S/C15H21NO/c16-10-14(11-17)9-15(14)8-4-3-6-12-5-1-2-7-13(12)15/h1-2,5,7,17H,3-4,6,8-11,16H2. The number of fused-ring (bicyclic) bond motifs is 2. The fraction of sp³-hybridized carbons (Fsp3) is 0.600. The minimum absolute atomic E-state index is 0.0343. The van der Waals surface area contributed by atoms with Crippen LogP contribution in [0.4, 0.5) is 0 Å². The molecule has 2 nitrogen and oxygen atoms in total. The Balaban J connectivity index is 2.08. The van der Waals surface area contributed by atoms with Gasteiger partial charge in [0.25, 0.3) is 0 Å². The molecule has 17 heavy (non-hydrogen) atoms. The van der Waals surface area contributed by atoms with E-state index in [0.29, 0.717) is 6.54 Å². The number of aliphatic hydroxyl groups excluding tert-OH is 1. The van der Waals surface area contributed by atoms with Crippen LogP contribution in [0.2, 0.25) is 0 Å². The maximum atomic E-state index is 9.71. The highest BCUT2D eigenvalue weighted by molar-refractivity contribution is 5.44. The van der Waals surface area contributed by atoms with E-state index in [1.54, 1.807) is 0 Å². The summed E-state index contributed by atoms with van der Waals surface area (Å²) in [4.78, 5) is 0. The van der Waals surface area contributed by atoms with Crippen molar-refractivity contribution in [2.24, 2.45) is 11.1 Å². The maximum Gasteiger partial charge on any atom is 0.0508 e. The summed E-state index contributed by atoms with van der Waals surface area (Å²) < 4.78 is 0. The SMILES string of the molecule is NCC1(CO)CC12CCCCc1ccccc12. The van der Waals surface area contributed by atoms with Crippen LogP contribution < -0.4 is 5.73 Å². The average molecular weight is 231 g/mol. The first-order valence-electron chi connectivity index (χ1n) is 6.67. The first kappa shape index (κ1) is 11.2. The topological polar surface area (TPSA) is 46.2 Å². The van der Waals surface area contributed by atoms with Crippen LogP contribution in [0.1, 0.15) is 36.8 Å². The van der Waals surface area contributed by atoms with Gasteiger partial charge < -0.3 is 10.8 Å². The Bertz CT molecular complexity index is 425. The van der Waals surface area contributed by atoms with Crippen LogP contribution in [0.3, 0.4) is 0 Å². The molecule has 2 atom stereocenters. The van der Waals surface area contributed by atoms with Gasteiger partial charge in [-0.2, -0.15) is 0 Å². The second kappa shape index (κ2) is 3.82. The number of benzene rings is 1. The van der Waals surface area contributed by atoms with Crippen molar-refractivity contribution >= 4 is 0 Å². The molecular formula is C15H21NO. The van der Waals surface area contributed by atoms with E-state index in [2.05, 4.69) is 24.3 Å². The number of aryl methyl sites for hydroxylation is 1. The fourth-order valence-electron chi connectivity index (χ4n) is 3.89. The minimum Gasteiger partial charge on any atom is -0.396 e. The third kappa shape index (κ3) is 1.40. The van der Waals surface area contributed by atoms with Crippen LogP contribution in [0.15, 0.2) is 24.3 Å². The highest BCUT2D eigenvalue weighted by atomic mass is 16.3. The number of hydrogen-bond donors (Lipinski definition) is 2. The van der Waals surface area contributed by atoms with Crippen molar-refractivity contribution in [3.05, 3.63) is 35.4 Å². The molecule has 3 N–H and O–H groups in total. The second-order valence-electron chi connectivity index (χ2n) is 5.77. The van der Waals surface area contributed by atoms with E-state index in [4.69, 9.17) is 5.73 Å². The zero-order valence-electron chi connectivity index (χ0n) is 10.3. The zero-order valence-corrected chi connectivity index (χ0v) is 10.3. The Morgan fingerprint density at radius 1 is 1.24 bits per heavy atom. The lowest BCUT2D eigenvalue weighted by atomic mass is 9.82. The molecule has 92 valence electrons. The number of hydrogen-bond acceptors (Lipinski definition) is 2. The summed E-state index contributed by atoms with van der Waals surface area (Å²) in [6.45, 7) is 0.843. The van der Waals surface area contributed by atoms with Gasteiger partial charge in [0.05, 0.1) is 6.61 Å². The van der Waals surface area contributed by atoms with Gasteiger partial charge in [-0.3, -0.25) is 0 Å². The molecule has 1 fully saturated rings. The van der Waals surface area contributed by atoms with Gasteiger partial charge in [0.1, 0.15) is 0 Å². The molecule has 2 aliphatic carbocycles. The van der Waals surface area contributed by atoms with Crippen LogP contribution >= 0.6 is 0 Å². The average Bonchev–Trinajstić information content (AvgIpc) is 3.09. The molecule has 0 amide bonds. The second-order valence-corrected chi connectivity index (χ2v) is 5.77. The summed E-state index contributed by atoms with van der Waals surface area (Å²) in [7, 11) is 0. The third-order valence-corrected chi connectivity index (χ3v) is 5.06. The number of nitrogens with two attached hydrogens (primary N) is 1. The molecule has 0 aliphatic heterocycles. The van der Waals surface area contributed by atoms with Crippen molar-refractivity contribution < 1.29 is 5.11 Å². The molecule has 2 aliphatic rings. The van der Waals surface area contributed by atoms with E-state index >= 15 is 0 Å². The maximum absolute atomic E-state index is 9.71. The van der Waals surface area contributed by atoms with E-state index in [1.807, 2.05) is 0 Å². The lowest BCUT2D eigenvalue weighted by Crippen LogP contribution is -2.29. The minimum atomic E-state index is -0.0343. The van der Waals surface area contributed by atoms with Gasteiger partial charge in [0.15, 0.2) is 0 Å². The monoisotopic (exact) mass is 231 g/mol. The number of rotatable bonds is 2. The fourth-order valence-corrected chi connectivity index (χ4v) is 3.89. The predicted octanol–water partition coefficient (Wildman–Crippen LogP) is 1.99. The van der Waals surface area contributed by atoms with E-state index < -0.39 is 0 Å². The lowest BCUT2D eigenvalue weighted by Gasteiger charge is -2.24. The molecule has 0 aromatic heterocycles. The van der Waals surface area contributed by atoms with Crippen molar-refractivity contribution in [2.45, 2.75) is 37.5 Å². The molecule has 2 unspecified atom stereocenters.